The van der Waals surface area contributed by atoms with E-state index in [1.165, 1.54) is 19.8 Å². The normalized spacial score (nSPS) is 14.6. The summed E-state index contributed by atoms with van der Waals surface area (Å²) < 4.78 is 15.0. The van der Waals surface area contributed by atoms with Crippen LogP contribution >= 0.6 is 0 Å². The number of hydrogen-bond donors (Lipinski definition) is 0. The highest BCUT2D eigenvalue weighted by Gasteiger charge is 2.18. The van der Waals surface area contributed by atoms with E-state index < -0.39 is 5.97 Å². The van der Waals surface area contributed by atoms with Gasteiger partial charge in [0.1, 0.15) is 11.4 Å². The van der Waals surface area contributed by atoms with Gasteiger partial charge in [-0.05, 0) is 24.1 Å². The van der Waals surface area contributed by atoms with Gasteiger partial charge in [0, 0.05) is 20.2 Å². The molecule has 1 aromatic heterocycles. The van der Waals surface area contributed by atoms with E-state index in [-0.39, 0.29) is 5.88 Å². The predicted octanol–water partition coefficient (Wildman–Crippen LogP) is 1.66. The van der Waals surface area contributed by atoms with Gasteiger partial charge in [-0.15, -0.1) is 0 Å². The average Bonchev–Trinajstić information content (AvgIpc) is 2.54. The molecule has 0 aromatic carbocycles. The Morgan fingerprint density at radius 3 is 2.71 bits per heavy atom. The number of pyridine rings is 1. The largest absolute Gasteiger partial charge is 0.480 e. The first-order chi connectivity index (χ1) is 10.2. The minimum absolute atomic E-state index is 0.283. The van der Waals surface area contributed by atoms with E-state index in [9.17, 15) is 4.79 Å². The summed E-state index contributed by atoms with van der Waals surface area (Å²) in [4.78, 5) is 18.1. The first-order valence-electron chi connectivity index (χ1n) is 6.74. The van der Waals surface area contributed by atoms with Gasteiger partial charge in [-0.2, -0.15) is 4.98 Å². The average molecular weight is 292 g/mol. The van der Waals surface area contributed by atoms with Crippen LogP contribution in [-0.2, 0) is 9.47 Å². The van der Waals surface area contributed by atoms with Crippen molar-refractivity contribution in [2.75, 3.05) is 45.9 Å². The van der Waals surface area contributed by atoms with Crippen molar-refractivity contribution in [3.8, 4) is 5.88 Å². The maximum atomic E-state index is 11.6. The van der Waals surface area contributed by atoms with Crippen LogP contribution in [0, 0.1) is 0 Å². The Morgan fingerprint density at radius 1 is 1.33 bits per heavy atom. The molecule has 0 amide bonds. The van der Waals surface area contributed by atoms with Crippen molar-refractivity contribution < 1.29 is 19.0 Å². The molecule has 6 nitrogen and oxygen atoms in total. The van der Waals surface area contributed by atoms with Gasteiger partial charge in [-0.25, -0.2) is 4.79 Å². The van der Waals surface area contributed by atoms with Gasteiger partial charge >= 0.3 is 5.97 Å². The lowest BCUT2D eigenvalue weighted by molar-refractivity contribution is 0.0596. The van der Waals surface area contributed by atoms with Gasteiger partial charge in [-0.1, -0.05) is 6.08 Å². The summed E-state index contributed by atoms with van der Waals surface area (Å²) in [7, 11) is 4.53. The molecule has 0 aliphatic carbocycles. The summed E-state index contributed by atoms with van der Waals surface area (Å²) in [6.45, 7) is 2.31. The Balaban J connectivity index is 2.17. The van der Waals surface area contributed by atoms with E-state index in [4.69, 9.17) is 14.2 Å². The molecule has 0 N–H and O–H groups in total. The van der Waals surface area contributed by atoms with Crippen LogP contribution in [0.3, 0.4) is 0 Å². The van der Waals surface area contributed by atoms with Crippen LogP contribution in [0.4, 0.5) is 5.82 Å². The number of anilines is 1. The molecule has 2 rings (SSSR count). The van der Waals surface area contributed by atoms with Gasteiger partial charge in [-0.3, -0.25) is 0 Å². The lowest BCUT2D eigenvalue weighted by Gasteiger charge is -2.27. The molecule has 114 valence electrons. The molecule has 6 heteroatoms. The summed E-state index contributed by atoms with van der Waals surface area (Å²) in [5, 5.41) is 0. The molecule has 0 unspecified atom stereocenters. The van der Waals surface area contributed by atoms with Crippen LogP contribution < -0.4 is 9.64 Å². The van der Waals surface area contributed by atoms with E-state index in [2.05, 4.69) is 16.0 Å². The third kappa shape index (κ3) is 3.52. The Kier molecular flexibility index (Phi) is 5.16. The summed E-state index contributed by atoms with van der Waals surface area (Å²) in [5.41, 5.74) is 1.63. The van der Waals surface area contributed by atoms with Crippen molar-refractivity contribution in [2.45, 2.75) is 6.42 Å². The maximum Gasteiger partial charge on any atom is 0.343 e. The number of nitrogens with zero attached hydrogens (tertiary/aromatic N) is 2. The second kappa shape index (κ2) is 7.08. The molecule has 21 heavy (non-hydrogen) atoms. The quantitative estimate of drug-likeness (QED) is 0.607. The fourth-order valence-corrected chi connectivity index (χ4v) is 2.26. The number of hydrogen-bond acceptors (Lipinski definition) is 6. The van der Waals surface area contributed by atoms with E-state index >= 15 is 0 Å². The fraction of sp³-hybridized carbons (Fsp3) is 0.467. The van der Waals surface area contributed by atoms with Gasteiger partial charge in [0.15, 0.2) is 0 Å². The molecule has 0 saturated heterocycles. The number of carbonyl (C=O) groups is 1. The monoisotopic (exact) mass is 292 g/mol. The lowest BCUT2D eigenvalue weighted by atomic mass is 10.1. The highest BCUT2D eigenvalue weighted by atomic mass is 16.5. The lowest BCUT2D eigenvalue weighted by Crippen LogP contribution is -2.30. The number of esters is 1. The van der Waals surface area contributed by atoms with Crippen LogP contribution in [0.2, 0.25) is 0 Å². The van der Waals surface area contributed by atoms with Crippen LogP contribution in [0.25, 0.3) is 0 Å². The number of methoxy groups -OCH3 is 3. The van der Waals surface area contributed by atoms with Gasteiger partial charge < -0.3 is 19.1 Å². The van der Waals surface area contributed by atoms with Crippen LogP contribution in [0.5, 0.6) is 5.88 Å². The molecule has 2 heterocycles. The van der Waals surface area contributed by atoms with E-state index in [0.717, 1.165) is 25.3 Å². The fourth-order valence-electron chi connectivity index (χ4n) is 2.26. The van der Waals surface area contributed by atoms with E-state index in [1.807, 2.05) is 6.07 Å². The molecule has 0 spiro atoms. The van der Waals surface area contributed by atoms with Gasteiger partial charge in [0.2, 0.25) is 5.88 Å². The first-order valence-corrected chi connectivity index (χ1v) is 6.74. The van der Waals surface area contributed by atoms with Crippen molar-refractivity contribution >= 4 is 11.8 Å². The Morgan fingerprint density at radius 2 is 2.14 bits per heavy atom. The van der Waals surface area contributed by atoms with Crippen molar-refractivity contribution in [1.29, 1.82) is 0 Å². The van der Waals surface area contributed by atoms with Gasteiger partial charge in [0.25, 0.3) is 0 Å². The third-order valence-corrected chi connectivity index (χ3v) is 3.40. The molecule has 1 aliphatic heterocycles. The predicted molar refractivity (Wildman–Crippen MR) is 78.9 cm³/mol. The minimum Gasteiger partial charge on any atom is -0.480 e. The molecule has 0 atom stereocenters. The standard InChI is InChI=1S/C15H20N2O4/c1-19-10-11-6-8-17(9-7-11)13-5-4-12(15(18)21-3)14(16-13)20-2/h4-6H,7-10H2,1-3H3. The zero-order valence-electron chi connectivity index (χ0n) is 12.6. The van der Waals surface area contributed by atoms with Crippen molar-refractivity contribution in [3.63, 3.8) is 0 Å². The number of aromatic nitrogens is 1. The Bertz CT molecular complexity index is 542. The zero-order chi connectivity index (χ0) is 15.2. The molecule has 1 aliphatic rings. The van der Waals surface area contributed by atoms with Crippen LogP contribution in [0.15, 0.2) is 23.8 Å². The van der Waals surface area contributed by atoms with Crippen molar-refractivity contribution in [3.05, 3.63) is 29.3 Å². The molecular formula is C15H20N2O4. The molecule has 0 saturated carbocycles. The maximum absolute atomic E-state index is 11.6. The Hall–Kier alpha value is -2.08. The summed E-state index contributed by atoms with van der Waals surface area (Å²) in [6, 6.07) is 3.49. The molecule has 1 aromatic rings. The molecule has 0 radical (unpaired) electrons. The first kappa shape index (κ1) is 15.3. The Labute approximate surface area is 124 Å². The smallest absolute Gasteiger partial charge is 0.343 e. The number of rotatable bonds is 5. The number of carbonyl (C=O) groups excluding carboxylic acids is 1. The minimum atomic E-state index is -0.452. The van der Waals surface area contributed by atoms with Crippen molar-refractivity contribution in [2.24, 2.45) is 0 Å². The SMILES string of the molecule is COCC1=CCN(c2ccc(C(=O)OC)c(OC)n2)CC1. The summed E-state index contributed by atoms with van der Waals surface area (Å²) in [5.74, 6) is 0.616. The second-order valence-corrected chi connectivity index (χ2v) is 4.71. The topological polar surface area (TPSA) is 60.9 Å². The molecule has 0 bridgehead atoms. The second-order valence-electron chi connectivity index (χ2n) is 4.71. The molecular weight excluding hydrogens is 272 g/mol. The zero-order valence-corrected chi connectivity index (χ0v) is 12.6. The van der Waals surface area contributed by atoms with E-state index in [0.29, 0.717) is 12.2 Å². The highest BCUT2D eigenvalue weighted by molar-refractivity contribution is 5.92. The van der Waals surface area contributed by atoms with Crippen LogP contribution in [0.1, 0.15) is 16.8 Å². The van der Waals surface area contributed by atoms with Crippen LogP contribution in [-0.4, -0.2) is 52.0 Å². The van der Waals surface area contributed by atoms with Crippen molar-refractivity contribution in [1.82, 2.24) is 4.98 Å². The summed E-state index contributed by atoms with van der Waals surface area (Å²) >= 11 is 0. The third-order valence-electron chi connectivity index (χ3n) is 3.40. The highest BCUT2D eigenvalue weighted by Crippen LogP contribution is 2.24. The van der Waals surface area contributed by atoms with Gasteiger partial charge in [0.05, 0.1) is 20.8 Å². The van der Waals surface area contributed by atoms with E-state index in [1.54, 1.807) is 13.2 Å². The summed E-state index contributed by atoms with van der Waals surface area (Å²) in [6.07, 6.45) is 3.09. The molecule has 0 fully saturated rings. The number of ether oxygens (including phenoxy) is 3.